The fourth-order valence-electron chi connectivity index (χ4n) is 2.55. The number of benzene rings is 1. The largest absolute Gasteiger partial charge is 0.452 e. The van der Waals surface area contributed by atoms with Crippen LogP contribution >= 0.6 is 0 Å². The molecule has 0 spiro atoms. The number of carbonyl (C=O) groups is 2. The van der Waals surface area contributed by atoms with E-state index in [1.165, 1.54) is 13.1 Å². The van der Waals surface area contributed by atoms with E-state index in [1.54, 1.807) is 18.5 Å². The molecule has 28 heavy (non-hydrogen) atoms. The number of likely N-dealkylation sites (N-methyl/N-ethyl adjacent to an activating group) is 1. The number of rotatable bonds is 7. The molecule has 2 aromatic heterocycles. The molecule has 0 radical (unpaired) electrons. The molecule has 0 atom stereocenters. The number of carbonyl (C=O) groups excluding carboxylic acids is 2. The van der Waals surface area contributed by atoms with Gasteiger partial charge >= 0.3 is 5.97 Å². The summed E-state index contributed by atoms with van der Waals surface area (Å²) in [7, 11) is 1.48. The SMILES string of the molecule is CNC(=O)COC(=O)/C=C/c1cn(Cc2ccccc2)nc1-c1cccnc1. The van der Waals surface area contributed by atoms with Crippen LogP contribution in [-0.2, 0) is 20.9 Å². The molecule has 0 aliphatic carbocycles. The van der Waals surface area contributed by atoms with Crippen molar-refractivity contribution >= 4 is 18.0 Å². The molecule has 0 aliphatic heterocycles. The van der Waals surface area contributed by atoms with Crippen molar-refractivity contribution in [3.8, 4) is 11.3 Å². The van der Waals surface area contributed by atoms with E-state index >= 15 is 0 Å². The normalized spacial score (nSPS) is 10.8. The number of esters is 1. The zero-order valence-electron chi connectivity index (χ0n) is 15.4. The summed E-state index contributed by atoms with van der Waals surface area (Å²) in [5, 5.41) is 7.04. The Balaban J connectivity index is 1.82. The lowest BCUT2D eigenvalue weighted by Gasteiger charge is -2.01. The van der Waals surface area contributed by atoms with Crippen LogP contribution in [-0.4, -0.2) is 40.3 Å². The third-order valence-electron chi connectivity index (χ3n) is 3.94. The molecule has 0 unspecified atom stereocenters. The molecule has 3 aromatic rings. The van der Waals surface area contributed by atoms with Gasteiger partial charge in [0.25, 0.3) is 5.91 Å². The highest BCUT2D eigenvalue weighted by atomic mass is 16.5. The second-order valence-corrected chi connectivity index (χ2v) is 5.97. The van der Waals surface area contributed by atoms with Gasteiger partial charge in [0.2, 0.25) is 0 Å². The first kappa shape index (κ1) is 19.0. The summed E-state index contributed by atoms with van der Waals surface area (Å²) in [5.74, 6) is -0.968. The van der Waals surface area contributed by atoms with Gasteiger partial charge in [0.1, 0.15) is 5.69 Å². The lowest BCUT2D eigenvalue weighted by atomic mass is 10.1. The second kappa shape index (κ2) is 9.27. The van der Waals surface area contributed by atoms with Crippen LogP contribution in [0.25, 0.3) is 17.3 Å². The van der Waals surface area contributed by atoms with E-state index < -0.39 is 5.97 Å². The van der Waals surface area contributed by atoms with E-state index in [4.69, 9.17) is 4.74 Å². The molecule has 1 amide bonds. The van der Waals surface area contributed by atoms with Crippen molar-refractivity contribution in [2.75, 3.05) is 13.7 Å². The lowest BCUT2D eigenvalue weighted by Crippen LogP contribution is -2.24. The number of hydrogen-bond acceptors (Lipinski definition) is 5. The molecule has 7 heteroatoms. The molecular formula is C21H20N4O3. The number of nitrogens with one attached hydrogen (secondary N) is 1. The fourth-order valence-corrected chi connectivity index (χ4v) is 2.55. The van der Waals surface area contributed by atoms with Gasteiger partial charge < -0.3 is 10.1 Å². The minimum Gasteiger partial charge on any atom is -0.452 e. The Morgan fingerprint density at radius 1 is 1.18 bits per heavy atom. The second-order valence-electron chi connectivity index (χ2n) is 5.97. The van der Waals surface area contributed by atoms with Crippen molar-refractivity contribution in [3.05, 3.63) is 78.3 Å². The Kier molecular flexibility index (Phi) is 6.30. The van der Waals surface area contributed by atoms with E-state index in [-0.39, 0.29) is 12.5 Å². The number of amides is 1. The molecule has 1 N–H and O–H groups in total. The summed E-state index contributed by atoms with van der Waals surface area (Å²) in [5.41, 5.74) is 3.41. The quantitative estimate of drug-likeness (QED) is 0.505. The summed E-state index contributed by atoms with van der Waals surface area (Å²) in [6.45, 7) is 0.283. The molecule has 0 fully saturated rings. The fraction of sp³-hybridized carbons (Fsp3) is 0.143. The van der Waals surface area contributed by atoms with Crippen LogP contribution in [0.4, 0.5) is 0 Å². The van der Waals surface area contributed by atoms with Crippen LogP contribution in [0.2, 0.25) is 0 Å². The molecule has 0 saturated carbocycles. The van der Waals surface area contributed by atoms with Crippen LogP contribution in [0.15, 0.2) is 67.1 Å². The van der Waals surface area contributed by atoms with Crippen molar-refractivity contribution in [1.82, 2.24) is 20.1 Å². The Hall–Kier alpha value is -3.74. The number of pyridine rings is 1. The predicted molar refractivity (Wildman–Crippen MR) is 105 cm³/mol. The van der Waals surface area contributed by atoms with Gasteiger partial charge in [-0.1, -0.05) is 30.3 Å². The number of ether oxygens (including phenoxy) is 1. The third kappa shape index (κ3) is 5.14. The van der Waals surface area contributed by atoms with Crippen molar-refractivity contribution in [1.29, 1.82) is 0 Å². The molecule has 0 aliphatic rings. The smallest absolute Gasteiger partial charge is 0.331 e. The third-order valence-corrected chi connectivity index (χ3v) is 3.94. The molecule has 0 bridgehead atoms. The van der Waals surface area contributed by atoms with Gasteiger partial charge in [0.05, 0.1) is 6.54 Å². The van der Waals surface area contributed by atoms with Crippen molar-refractivity contribution in [3.63, 3.8) is 0 Å². The van der Waals surface area contributed by atoms with E-state index in [0.29, 0.717) is 12.2 Å². The summed E-state index contributed by atoms with van der Waals surface area (Å²) >= 11 is 0. The average molecular weight is 376 g/mol. The van der Waals surface area contributed by atoms with Crippen LogP contribution in [0.3, 0.4) is 0 Å². The number of aromatic nitrogens is 3. The standard InChI is InChI=1S/C21H20N4O3/c1-22-19(26)15-28-20(27)10-9-18-14-25(13-16-6-3-2-4-7-16)24-21(18)17-8-5-11-23-12-17/h2-12,14H,13,15H2,1H3,(H,22,26)/b10-9+. The van der Waals surface area contributed by atoms with Crippen LogP contribution in [0.5, 0.6) is 0 Å². The minimum absolute atomic E-state index is 0.317. The topological polar surface area (TPSA) is 86.1 Å². The first-order valence-electron chi connectivity index (χ1n) is 8.73. The van der Waals surface area contributed by atoms with E-state index in [2.05, 4.69) is 15.4 Å². The zero-order chi connectivity index (χ0) is 19.8. The van der Waals surface area contributed by atoms with Crippen molar-refractivity contribution in [2.24, 2.45) is 0 Å². The Morgan fingerprint density at radius 3 is 2.71 bits per heavy atom. The molecule has 0 saturated heterocycles. The van der Waals surface area contributed by atoms with Gasteiger partial charge in [0.15, 0.2) is 6.61 Å². The molecule has 7 nitrogen and oxygen atoms in total. The highest BCUT2D eigenvalue weighted by molar-refractivity contribution is 5.90. The maximum absolute atomic E-state index is 11.9. The maximum atomic E-state index is 11.9. The monoisotopic (exact) mass is 376 g/mol. The minimum atomic E-state index is -0.600. The summed E-state index contributed by atoms with van der Waals surface area (Å²) < 4.78 is 6.70. The molecular weight excluding hydrogens is 356 g/mol. The highest BCUT2D eigenvalue weighted by Gasteiger charge is 2.11. The van der Waals surface area contributed by atoms with Crippen LogP contribution < -0.4 is 5.32 Å². The highest BCUT2D eigenvalue weighted by Crippen LogP contribution is 2.23. The van der Waals surface area contributed by atoms with Crippen LogP contribution in [0, 0.1) is 0 Å². The van der Waals surface area contributed by atoms with Gasteiger partial charge in [-0.3, -0.25) is 14.5 Å². The maximum Gasteiger partial charge on any atom is 0.331 e. The van der Waals surface area contributed by atoms with E-state index in [0.717, 1.165) is 16.7 Å². The van der Waals surface area contributed by atoms with Gasteiger partial charge in [-0.2, -0.15) is 5.10 Å². The Morgan fingerprint density at radius 2 is 2.00 bits per heavy atom. The zero-order valence-corrected chi connectivity index (χ0v) is 15.4. The summed E-state index contributed by atoms with van der Waals surface area (Å²) in [6.07, 6.45) is 8.18. The van der Waals surface area contributed by atoms with Gasteiger partial charge in [-0.15, -0.1) is 0 Å². The van der Waals surface area contributed by atoms with Crippen LogP contribution in [0.1, 0.15) is 11.1 Å². The summed E-state index contributed by atoms with van der Waals surface area (Å²) in [4.78, 5) is 27.2. The van der Waals surface area contributed by atoms with E-state index in [1.807, 2.05) is 53.3 Å². The average Bonchev–Trinajstić information content (AvgIpc) is 3.14. The summed E-state index contributed by atoms with van der Waals surface area (Å²) in [6, 6.07) is 13.7. The molecule has 3 rings (SSSR count). The number of hydrogen-bond donors (Lipinski definition) is 1. The number of nitrogens with zero attached hydrogens (tertiary/aromatic N) is 3. The Labute approximate surface area is 162 Å². The van der Waals surface area contributed by atoms with Gasteiger partial charge in [0, 0.05) is 42.8 Å². The molecule has 142 valence electrons. The van der Waals surface area contributed by atoms with Gasteiger partial charge in [-0.25, -0.2) is 4.79 Å². The Bertz CT molecular complexity index is 966. The lowest BCUT2D eigenvalue weighted by molar-refractivity contribution is -0.143. The molecule has 2 heterocycles. The predicted octanol–water partition coefficient (Wildman–Crippen LogP) is 2.30. The van der Waals surface area contributed by atoms with Crippen molar-refractivity contribution < 1.29 is 14.3 Å². The van der Waals surface area contributed by atoms with E-state index in [9.17, 15) is 9.59 Å². The molecule has 1 aromatic carbocycles. The van der Waals surface area contributed by atoms with Gasteiger partial charge in [-0.05, 0) is 23.8 Å². The first-order valence-corrected chi connectivity index (χ1v) is 8.73. The van der Waals surface area contributed by atoms with Crippen molar-refractivity contribution in [2.45, 2.75) is 6.54 Å². The first-order chi connectivity index (χ1) is 13.7.